The van der Waals surface area contributed by atoms with Gasteiger partial charge in [0.25, 0.3) is 0 Å². The molecule has 0 atom stereocenters. The van der Waals surface area contributed by atoms with Gasteiger partial charge in [0.05, 0.1) is 11.0 Å². The summed E-state index contributed by atoms with van der Waals surface area (Å²) in [6.45, 7) is 1.29. The van der Waals surface area contributed by atoms with Gasteiger partial charge in [0.1, 0.15) is 5.75 Å². The topological polar surface area (TPSA) is 116 Å². The van der Waals surface area contributed by atoms with Crippen LogP contribution in [0.1, 0.15) is 47.2 Å². The number of amides is 1. The van der Waals surface area contributed by atoms with Gasteiger partial charge in [-0.15, -0.1) is 0 Å². The zero-order chi connectivity index (χ0) is 23.5. The van der Waals surface area contributed by atoms with Crippen LogP contribution in [0.5, 0.6) is 5.75 Å². The number of carbonyl (C=O) groups is 2. The van der Waals surface area contributed by atoms with Crippen molar-refractivity contribution in [3.05, 3.63) is 62.5 Å². The van der Waals surface area contributed by atoms with Crippen LogP contribution in [0.4, 0.5) is 4.79 Å². The number of aromatic nitrogens is 2. The Balaban J connectivity index is 1.31. The van der Waals surface area contributed by atoms with Gasteiger partial charge in [-0.05, 0) is 67.5 Å². The largest absolute Gasteiger partial charge is 0.508 e. The molecule has 3 N–H and O–H groups in total. The van der Waals surface area contributed by atoms with Crippen molar-refractivity contribution in [2.24, 2.45) is 0 Å². The van der Waals surface area contributed by atoms with Gasteiger partial charge in [-0.25, -0.2) is 9.59 Å². The van der Waals surface area contributed by atoms with E-state index in [4.69, 9.17) is 11.6 Å². The van der Waals surface area contributed by atoms with Crippen molar-refractivity contribution in [2.45, 2.75) is 45.1 Å². The summed E-state index contributed by atoms with van der Waals surface area (Å²) in [6, 6.07) is 8.27. The minimum absolute atomic E-state index is 0.00919. The van der Waals surface area contributed by atoms with E-state index < -0.39 is 6.09 Å². The molecule has 8 nitrogen and oxygen atoms in total. The highest BCUT2D eigenvalue weighted by molar-refractivity contribution is 6.31. The molecule has 33 heavy (non-hydrogen) atoms. The number of H-pyrrole nitrogens is 1. The van der Waals surface area contributed by atoms with Crippen molar-refractivity contribution in [3.8, 4) is 5.75 Å². The molecule has 1 amide bonds. The van der Waals surface area contributed by atoms with E-state index in [2.05, 4.69) is 4.98 Å². The molecule has 0 saturated heterocycles. The van der Waals surface area contributed by atoms with Crippen molar-refractivity contribution in [1.29, 1.82) is 0 Å². The zero-order valence-corrected chi connectivity index (χ0v) is 18.9. The number of halogens is 1. The Hall–Kier alpha value is -3.26. The van der Waals surface area contributed by atoms with Crippen LogP contribution in [0.2, 0.25) is 5.02 Å². The first-order valence-corrected chi connectivity index (χ1v) is 11.4. The third-order valence-electron chi connectivity index (χ3n) is 6.14. The molecule has 0 spiro atoms. The van der Waals surface area contributed by atoms with Crippen LogP contribution in [0.3, 0.4) is 0 Å². The summed E-state index contributed by atoms with van der Waals surface area (Å²) in [5.74, 6) is 0.0564. The number of carboxylic acid groups (broad SMARTS) is 1. The molecule has 1 aliphatic heterocycles. The molecule has 9 heteroatoms. The molecule has 174 valence electrons. The number of rotatable bonds is 9. The number of phenols is 1. The lowest BCUT2D eigenvalue weighted by Gasteiger charge is -2.19. The minimum Gasteiger partial charge on any atom is -0.508 e. The Morgan fingerprint density at radius 1 is 1.15 bits per heavy atom. The second-order valence-electron chi connectivity index (χ2n) is 8.39. The molecular formula is C24H26ClN3O5. The quantitative estimate of drug-likeness (QED) is 0.319. The van der Waals surface area contributed by atoms with E-state index in [0.717, 1.165) is 29.5 Å². The average molecular weight is 472 g/mol. The average Bonchev–Trinajstić information content (AvgIpc) is 3.10. The predicted octanol–water partition coefficient (Wildman–Crippen LogP) is 4.21. The number of benzene rings is 2. The number of carbonyl (C=O) groups excluding carboxylic acids is 1. The van der Waals surface area contributed by atoms with Gasteiger partial charge >= 0.3 is 11.8 Å². The fourth-order valence-corrected chi connectivity index (χ4v) is 4.68. The van der Waals surface area contributed by atoms with E-state index in [-0.39, 0.29) is 23.8 Å². The summed E-state index contributed by atoms with van der Waals surface area (Å²) in [5.41, 5.74) is 3.83. The molecule has 2 heterocycles. The molecule has 4 rings (SSSR count). The lowest BCUT2D eigenvalue weighted by atomic mass is 9.98. The number of hydrogen-bond donors (Lipinski definition) is 3. The molecule has 0 aliphatic carbocycles. The number of hydrogen-bond acceptors (Lipinski definition) is 4. The predicted molar refractivity (Wildman–Crippen MR) is 125 cm³/mol. The Morgan fingerprint density at radius 3 is 2.73 bits per heavy atom. The summed E-state index contributed by atoms with van der Waals surface area (Å²) in [4.78, 5) is 40.6. The number of aromatic hydroxyl groups is 1. The summed E-state index contributed by atoms with van der Waals surface area (Å²) < 4.78 is 1.73. The van der Waals surface area contributed by atoms with Gasteiger partial charge < -0.3 is 20.1 Å². The maximum Gasteiger partial charge on any atom is 0.407 e. The Labute approximate surface area is 195 Å². The van der Waals surface area contributed by atoms with E-state index in [9.17, 15) is 24.6 Å². The van der Waals surface area contributed by atoms with Crippen LogP contribution < -0.4 is 5.69 Å². The molecule has 2 aromatic carbocycles. The number of imidazole rings is 1. The van der Waals surface area contributed by atoms with Gasteiger partial charge in [-0.3, -0.25) is 9.36 Å². The van der Waals surface area contributed by atoms with E-state index in [1.807, 2.05) is 6.07 Å². The molecule has 0 saturated carbocycles. The number of aromatic amines is 1. The molecule has 3 aromatic rings. The summed E-state index contributed by atoms with van der Waals surface area (Å²) in [5, 5.41) is 19.3. The molecule has 0 fully saturated rings. The number of nitrogens with one attached hydrogen (secondary N) is 1. The number of Topliss-reactive ketones (excluding diaryl/α,β-unsaturated/α-hetero) is 1. The monoisotopic (exact) mass is 471 g/mol. The van der Waals surface area contributed by atoms with Crippen LogP contribution in [0.15, 0.2) is 35.1 Å². The number of unbranched alkanes of at least 4 members (excludes halogenated alkanes) is 1. The second-order valence-corrected chi connectivity index (χ2v) is 8.80. The first-order valence-electron chi connectivity index (χ1n) is 11.1. The van der Waals surface area contributed by atoms with Gasteiger partial charge in [0.2, 0.25) is 0 Å². The number of nitrogens with zero attached hydrogens (tertiary/aromatic N) is 2. The van der Waals surface area contributed by atoms with Crippen LogP contribution in [-0.2, 0) is 19.4 Å². The van der Waals surface area contributed by atoms with Crippen molar-refractivity contribution in [3.63, 3.8) is 0 Å². The fourth-order valence-electron chi connectivity index (χ4n) is 4.42. The van der Waals surface area contributed by atoms with E-state index in [0.29, 0.717) is 54.9 Å². The van der Waals surface area contributed by atoms with E-state index >= 15 is 0 Å². The van der Waals surface area contributed by atoms with Crippen LogP contribution >= 0.6 is 11.6 Å². The van der Waals surface area contributed by atoms with Crippen LogP contribution in [-0.4, -0.2) is 49.6 Å². The van der Waals surface area contributed by atoms with Gasteiger partial charge in [0, 0.05) is 36.6 Å². The van der Waals surface area contributed by atoms with Crippen molar-refractivity contribution < 1.29 is 19.8 Å². The maximum absolute atomic E-state index is 12.8. The molecule has 1 aliphatic rings. The van der Waals surface area contributed by atoms with E-state index in [1.165, 1.54) is 17.0 Å². The van der Waals surface area contributed by atoms with Gasteiger partial charge in [-0.1, -0.05) is 17.7 Å². The molecular weight excluding hydrogens is 446 g/mol. The number of aryl methyl sites for hydroxylation is 2. The third-order valence-corrected chi connectivity index (χ3v) is 6.49. The second kappa shape index (κ2) is 9.70. The Morgan fingerprint density at radius 2 is 1.97 bits per heavy atom. The zero-order valence-electron chi connectivity index (χ0n) is 18.1. The fraction of sp³-hybridized carbons (Fsp3) is 0.375. The van der Waals surface area contributed by atoms with Gasteiger partial charge in [-0.2, -0.15) is 0 Å². The molecule has 1 aromatic heterocycles. The number of phenolic OH excluding ortho intramolecular Hbond substituents is 1. The first-order chi connectivity index (χ1) is 15.8. The highest BCUT2D eigenvalue weighted by atomic mass is 35.5. The normalized spacial score (nSPS) is 12.8. The van der Waals surface area contributed by atoms with Crippen molar-refractivity contribution >= 4 is 34.5 Å². The van der Waals surface area contributed by atoms with Gasteiger partial charge in [0.15, 0.2) is 5.78 Å². The molecule has 0 bridgehead atoms. The first kappa shape index (κ1) is 22.9. The minimum atomic E-state index is -1.02. The Kier molecular flexibility index (Phi) is 6.74. The SMILES string of the molecule is O=C(CCCCN(CCc1ccc(O)cc1Cl)C(=O)O)c1cc2c3c(c1)[nH]c(=O)n3CCC2. The molecule has 0 radical (unpaired) electrons. The summed E-state index contributed by atoms with van der Waals surface area (Å²) in [6.07, 6.45) is 2.56. The van der Waals surface area contributed by atoms with Crippen molar-refractivity contribution in [2.75, 3.05) is 13.1 Å². The maximum atomic E-state index is 12.8. The third kappa shape index (κ3) is 5.06. The highest BCUT2D eigenvalue weighted by Crippen LogP contribution is 2.25. The van der Waals surface area contributed by atoms with Crippen LogP contribution in [0, 0.1) is 0 Å². The van der Waals surface area contributed by atoms with Crippen LogP contribution in [0.25, 0.3) is 11.0 Å². The lowest BCUT2D eigenvalue weighted by Crippen LogP contribution is -2.32. The summed E-state index contributed by atoms with van der Waals surface area (Å²) in [7, 11) is 0. The number of ketones is 1. The summed E-state index contributed by atoms with van der Waals surface area (Å²) >= 11 is 6.10. The van der Waals surface area contributed by atoms with Crippen molar-refractivity contribution in [1.82, 2.24) is 14.5 Å². The molecule has 0 unspecified atom stereocenters. The highest BCUT2D eigenvalue weighted by Gasteiger charge is 2.19. The Bertz CT molecular complexity index is 1260. The standard InChI is InChI=1S/C24H26ClN3O5/c25-19-14-18(29)7-6-15(19)8-11-27(24(32)33)9-2-1-5-21(30)17-12-16-4-3-10-28-22(16)20(13-17)26-23(28)31/h6-7,12-14,29H,1-5,8-11H2,(H,26,31)(H,32,33). The smallest absolute Gasteiger partial charge is 0.407 e. The van der Waals surface area contributed by atoms with E-state index in [1.54, 1.807) is 16.7 Å². The lowest BCUT2D eigenvalue weighted by molar-refractivity contribution is 0.0978.